The second-order valence-electron chi connectivity index (χ2n) is 6.80. The van der Waals surface area contributed by atoms with Crippen LogP contribution in [0.1, 0.15) is 37.4 Å². The average molecular weight is 328 g/mol. The van der Waals surface area contributed by atoms with Crippen molar-refractivity contribution in [1.82, 2.24) is 9.55 Å². The second kappa shape index (κ2) is 6.72. The van der Waals surface area contributed by atoms with Gasteiger partial charge in [0.2, 0.25) is 0 Å². The van der Waals surface area contributed by atoms with Crippen molar-refractivity contribution >= 4 is 21.8 Å². The Morgan fingerprint density at radius 2 is 1.68 bits per heavy atom. The lowest BCUT2D eigenvalue weighted by atomic mass is 9.95. The third kappa shape index (κ3) is 2.93. The molecule has 0 aliphatic carbocycles. The molecular formula is C23H24N2. The van der Waals surface area contributed by atoms with Gasteiger partial charge in [0, 0.05) is 28.5 Å². The van der Waals surface area contributed by atoms with Gasteiger partial charge in [0.05, 0.1) is 11.7 Å². The van der Waals surface area contributed by atoms with E-state index >= 15 is 0 Å². The second-order valence-corrected chi connectivity index (χ2v) is 6.80. The highest BCUT2D eigenvalue weighted by molar-refractivity contribution is 6.07. The number of aromatic nitrogens is 2. The molecule has 2 heteroatoms. The Labute approximate surface area is 149 Å². The molecule has 0 aliphatic rings. The molecule has 0 unspecified atom stereocenters. The molecule has 2 nitrogen and oxygen atoms in total. The number of fused-ring (bicyclic) bond motifs is 3. The van der Waals surface area contributed by atoms with Gasteiger partial charge in [-0.3, -0.25) is 4.98 Å². The lowest BCUT2D eigenvalue weighted by molar-refractivity contribution is 0.671. The van der Waals surface area contributed by atoms with E-state index in [1.807, 2.05) is 0 Å². The number of para-hydroxylation sites is 1. The minimum Gasteiger partial charge on any atom is -0.339 e. The number of pyridine rings is 1. The minimum atomic E-state index is 0.552. The molecular weight excluding hydrogens is 304 g/mol. The normalized spacial score (nSPS) is 12.7. The maximum absolute atomic E-state index is 4.76. The first kappa shape index (κ1) is 15.9. The van der Waals surface area contributed by atoms with E-state index in [4.69, 9.17) is 4.98 Å². The zero-order valence-electron chi connectivity index (χ0n) is 14.9. The first-order valence-corrected chi connectivity index (χ1v) is 9.18. The quantitative estimate of drug-likeness (QED) is 0.443. The van der Waals surface area contributed by atoms with Crippen molar-refractivity contribution in [2.75, 3.05) is 0 Å². The zero-order chi connectivity index (χ0) is 17.2. The number of nitrogens with zero attached hydrogens (tertiary/aromatic N) is 2. The number of rotatable bonds is 5. The molecule has 1 atom stereocenters. The highest BCUT2D eigenvalue weighted by atomic mass is 15.0. The third-order valence-electron chi connectivity index (χ3n) is 5.23. The Morgan fingerprint density at radius 1 is 0.920 bits per heavy atom. The van der Waals surface area contributed by atoms with E-state index in [1.54, 1.807) is 0 Å². The predicted molar refractivity (Wildman–Crippen MR) is 106 cm³/mol. The van der Waals surface area contributed by atoms with E-state index < -0.39 is 0 Å². The summed E-state index contributed by atoms with van der Waals surface area (Å²) in [6, 6.07) is 21.7. The highest BCUT2D eigenvalue weighted by Gasteiger charge is 2.11. The molecule has 0 bridgehead atoms. The minimum absolute atomic E-state index is 0.552. The van der Waals surface area contributed by atoms with Crippen LogP contribution in [0.5, 0.6) is 0 Å². The Hall–Kier alpha value is -2.61. The fraction of sp³-hybridized carbons (Fsp3) is 0.261. The van der Waals surface area contributed by atoms with Crippen LogP contribution >= 0.6 is 0 Å². The maximum Gasteiger partial charge on any atom is 0.0677 e. The van der Waals surface area contributed by atoms with Gasteiger partial charge in [-0.2, -0.15) is 0 Å². The van der Waals surface area contributed by atoms with E-state index in [0.717, 1.165) is 19.4 Å². The predicted octanol–water partition coefficient (Wildman–Crippen LogP) is 5.95. The lowest BCUT2D eigenvalue weighted by Crippen LogP contribution is -1.98. The van der Waals surface area contributed by atoms with E-state index in [-0.39, 0.29) is 0 Å². The van der Waals surface area contributed by atoms with Gasteiger partial charge in [-0.05, 0) is 43.4 Å². The molecule has 0 aliphatic heterocycles. The number of aryl methyl sites for hydroxylation is 2. The molecule has 0 saturated carbocycles. The number of benzene rings is 2. The average Bonchev–Trinajstić information content (AvgIpc) is 3.00. The van der Waals surface area contributed by atoms with Crippen molar-refractivity contribution in [1.29, 1.82) is 0 Å². The summed E-state index contributed by atoms with van der Waals surface area (Å²) < 4.78 is 2.36. The van der Waals surface area contributed by atoms with Gasteiger partial charge in [-0.15, -0.1) is 0 Å². The first-order chi connectivity index (χ1) is 12.3. The SMILES string of the molecule is CCn1c2ccccc2c2cc(CC[C@H](C)c3ccccc3)ncc21. The van der Waals surface area contributed by atoms with Crippen LogP contribution in [-0.4, -0.2) is 9.55 Å². The summed E-state index contributed by atoms with van der Waals surface area (Å²) in [6.07, 6.45) is 4.19. The van der Waals surface area contributed by atoms with E-state index in [9.17, 15) is 0 Å². The Bertz CT molecular complexity index is 999. The van der Waals surface area contributed by atoms with Gasteiger partial charge in [0.15, 0.2) is 0 Å². The van der Waals surface area contributed by atoms with Crippen LogP contribution in [0.3, 0.4) is 0 Å². The van der Waals surface area contributed by atoms with Crippen LogP contribution in [-0.2, 0) is 13.0 Å². The number of hydrogen-bond acceptors (Lipinski definition) is 1. The smallest absolute Gasteiger partial charge is 0.0677 e. The topological polar surface area (TPSA) is 17.8 Å². The van der Waals surface area contributed by atoms with Crippen molar-refractivity contribution < 1.29 is 0 Å². The Balaban J connectivity index is 1.64. The van der Waals surface area contributed by atoms with Crippen molar-refractivity contribution in [3.05, 3.63) is 78.1 Å². The van der Waals surface area contributed by atoms with Gasteiger partial charge >= 0.3 is 0 Å². The Kier molecular flexibility index (Phi) is 4.27. The fourth-order valence-electron chi connectivity index (χ4n) is 3.78. The number of hydrogen-bond donors (Lipinski definition) is 0. The summed E-state index contributed by atoms with van der Waals surface area (Å²) >= 11 is 0. The first-order valence-electron chi connectivity index (χ1n) is 9.18. The molecule has 4 aromatic rings. The third-order valence-corrected chi connectivity index (χ3v) is 5.23. The molecule has 0 N–H and O–H groups in total. The summed E-state index contributed by atoms with van der Waals surface area (Å²) in [7, 11) is 0. The summed E-state index contributed by atoms with van der Waals surface area (Å²) in [5.74, 6) is 0.552. The van der Waals surface area contributed by atoms with Gasteiger partial charge < -0.3 is 4.57 Å². The van der Waals surface area contributed by atoms with Crippen LogP contribution in [0.25, 0.3) is 21.8 Å². The molecule has 25 heavy (non-hydrogen) atoms. The molecule has 2 aromatic carbocycles. The summed E-state index contributed by atoms with van der Waals surface area (Å²) in [4.78, 5) is 4.76. The van der Waals surface area contributed by atoms with Gasteiger partial charge in [-0.1, -0.05) is 55.5 Å². The van der Waals surface area contributed by atoms with Crippen molar-refractivity contribution in [3.8, 4) is 0 Å². The standard InChI is InChI=1S/C23H24N2/c1-3-25-22-12-8-7-11-20(22)21-15-19(24-16-23(21)25)14-13-17(2)18-9-5-4-6-10-18/h4-12,15-17H,3,13-14H2,1-2H3/t17-/m0/s1. The van der Waals surface area contributed by atoms with Crippen molar-refractivity contribution in [2.45, 2.75) is 39.2 Å². The van der Waals surface area contributed by atoms with Gasteiger partial charge in [0.25, 0.3) is 0 Å². The molecule has 2 aromatic heterocycles. The molecule has 4 rings (SSSR count). The Morgan fingerprint density at radius 3 is 2.48 bits per heavy atom. The van der Waals surface area contributed by atoms with Crippen LogP contribution in [0.4, 0.5) is 0 Å². The summed E-state index contributed by atoms with van der Waals surface area (Å²) in [5.41, 5.74) is 5.14. The lowest BCUT2D eigenvalue weighted by Gasteiger charge is -2.11. The molecule has 0 amide bonds. The molecule has 2 heterocycles. The van der Waals surface area contributed by atoms with Gasteiger partial charge in [-0.25, -0.2) is 0 Å². The largest absolute Gasteiger partial charge is 0.339 e. The van der Waals surface area contributed by atoms with Crippen LogP contribution in [0.15, 0.2) is 66.9 Å². The van der Waals surface area contributed by atoms with Crippen molar-refractivity contribution in [2.24, 2.45) is 0 Å². The molecule has 0 saturated heterocycles. The van der Waals surface area contributed by atoms with E-state index in [1.165, 1.54) is 33.1 Å². The zero-order valence-corrected chi connectivity index (χ0v) is 14.9. The van der Waals surface area contributed by atoms with Crippen molar-refractivity contribution in [3.63, 3.8) is 0 Å². The monoisotopic (exact) mass is 328 g/mol. The molecule has 0 fully saturated rings. The van der Waals surface area contributed by atoms with Crippen LogP contribution in [0.2, 0.25) is 0 Å². The molecule has 0 radical (unpaired) electrons. The molecule has 126 valence electrons. The van der Waals surface area contributed by atoms with Gasteiger partial charge in [0.1, 0.15) is 0 Å². The van der Waals surface area contributed by atoms with E-state index in [0.29, 0.717) is 5.92 Å². The molecule has 0 spiro atoms. The summed E-state index contributed by atoms with van der Waals surface area (Å²) in [5, 5.41) is 2.66. The van der Waals surface area contributed by atoms with Crippen LogP contribution < -0.4 is 0 Å². The van der Waals surface area contributed by atoms with E-state index in [2.05, 4.69) is 85.3 Å². The van der Waals surface area contributed by atoms with Crippen LogP contribution in [0, 0.1) is 0 Å². The fourth-order valence-corrected chi connectivity index (χ4v) is 3.78. The maximum atomic E-state index is 4.76. The highest BCUT2D eigenvalue weighted by Crippen LogP contribution is 2.29. The summed E-state index contributed by atoms with van der Waals surface area (Å²) in [6.45, 7) is 5.47.